The van der Waals surface area contributed by atoms with Crippen LogP contribution in [0.25, 0.3) is 0 Å². The normalized spacial score (nSPS) is 14.3. The summed E-state index contributed by atoms with van der Waals surface area (Å²) in [5.41, 5.74) is -2.71. The molecule has 1 N–H and O–H groups in total. The fourth-order valence-electron chi connectivity index (χ4n) is 0.398. The molecule has 0 rings (SSSR count). The van der Waals surface area contributed by atoms with Crippen molar-refractivity contribution in [3.63, 3.8) is 0 Å². The van der Waals surface area contributed by atoms with Gasteiger partial charge in [-0.05, 0) is 26.0 Å². The smallest absolute Gasteiger partial charge is 0.0738 e. The predicted octanol–water partition coefficient (Wildman–Crippen LogP) is 0.902. The molecule has 0 aromatic heterocycles. The van der Waals surface area contributed by atoms with E-state index in [0.717, 1.165) is 12.2 Å². The Morgan fingerprint density at radius 2 is 1.80 bits per heavy atom. The molecule has 1 unspecified atom stereocenters. The summed E-state index contributed by atoms with van der Waals surface area (Å²) < 4.78 is 4.86. The predicted molar refractivity (Wildman–Crippen MR) is 72.0 cm³/mol. The van der Waals surface area contributed by atoms with Crippen LogP contribution in [0.2, 0.25) is 0 Å². The van der Waals surface area contributed by atoms with Gasteiger partial charge in [0, 0.05) is 12.3 Å². The highest BCUT2D eigenvalue weighted by atomic mass is 32.9. The molecule has 3 nitrogen and oxygen atoms in total. The molecule has 0 aliphatic carbocycles. The fraction of sp³-hybridized carbons (Fsp3) is 1.00. The molecule has 6 heteroatoms. The zero-order chi connectivity index (χ0) is 12.3. The molecule has 0 saturated carbocycles. The van der Waals surface area contributed by atoms with Crippen molar-refractivity contribution in [2.75, 3.05) is 33.0 Å². The molecule has 0 heterocycles. The van der Waals surface area contributed by atoms with Gasteiger partial charge in [-0.15, -0.1) is 11.4 Å². The van der Waals surface area contributed by atoms with Gasteiger partial charge in [0.2, 0.25) is 0 Å². The molecule has 0 bridgehead atoms. The van der Waals surface area contributed by atoms with E-state index in [1.807, 2.05) is 6.92 Å². The van der Waals surface area contributed by atoms with Crippen molar-refractivity contribution in [2.24, 2.45) is 0 Å². The molecule has 0 aliphatic heterocycles. The molecular weight excluding hydrogens is 249 g/mol. The van der Waals surface area contributed by atoms with E-state index in [0.29, 0.717) is 6.61 Å². The third-order valence-electron chi connectivity index (χ3n) is 1.45. The van der Waals surface area contributed by atoms with E-state index in [-0.39, 0.29) is 0 Å². The molecule has 0 saturated heterocycles. The van der Waals surface area contributed by atoms with Crippen LogP contribution in [0.4, 0.5) is 0 Å². The van der Waals surface area contributed by atoms with Crippen LogP contribution in [0.3, 0.4) is 0 Å². The van der Waals surface area contributed by atoms with Crippen molar-refractivity contribution in [2.45, 2.75) is 27.2 Å². The van der Waals surface area contributed by atoms with Gasteiger partial charge < -0.3 is 14.3 Å². The van der Waals surface area contributed by atoms with Crippen molar-refractivity contribution < 1.29 is 14.3 Å². The van der Waals surface area contributed by atoms with Crippen molar-refractivity contribution in [1.29, 1.82) is 0 Å². The average molecular weight is 273 g/mol. The van der Waals surface area contributed by atoms with E-state index in [2.05, 4.69) is 21.0 Å². The molecule has 0 amide bonds. The Kier molecular flexibility index (Phi) is 13.8. The van der Waals surface area contributed by atoms with Gasteiger partial charge in [0.1, 0.15) is 0 Å². The number of hydrogen-bond acceptors (Lipinski definition) is 4. The Morgan fingerprint density at radius 3 is 2.07 bits per heavy atom. The van der Waals surface area contributed by atoms with Gasteiger partial charge in [0.25, 0.3) is 0 Å². The summed E-state index contributed by atoms with van der Waals surface area (Å²) in [6.45, 7) is 7.65. The fourth-order valence-corrected chi connectivity index (χ4v) is 3.94. The largest absolute Gasteiger partial charge is 0.793 e. The molecule has 15 heavy (non-hydrogen) atoms. The maximum atomic E-state index is 11.1. The third-order valence-corrected chi connectivity index (χ3v) is 6.01. The van der Waals surface area contributed by atoms with Gasteiger partial charge >= 0.3 is 0 Å². The Labute approximate surface area is 103 Å². The SMILES string of the molecule is CCCSP([O-])(=S)OCC.CC[NH+](C)C. The summed E-state index contributed by atoms with van der Waals surface area (Å²) in [4.78, 5) is 12.6. The van der Waals surface area contributed by atoms with Crippen molar-refractivity contribution in [3.05, 3.63) is 0 Å². The first-order chi connectivity index (χ1) is 6.89. The third kappa shape index (κ3) is 17.5. The molecule has 0 aromatic carbocycles. The standard InChI is InChI=1S/C5H13O2PS2.C4H11N/c1-3-5-10-8(6,9)7-4-2;1-4-5(2)3/h3-5H2,1-2H3,(H,6,9);4H2,1-3H3. The summed E-state index contributed by atoms with van der Waals surface area (Å²) in [5.74, 6) is 0.820. The summed E-state index contributed by atoms with van der Waals surface area (Å²) in [5, 5.41) is 0. The highest BCUT2D eigenvalue weighted by Gasteiger charge is 1.99. The molecule has 0 fully saturated rings. The van der Waals surface area contributed by atoms with Crippen LogP contribution in [0, 0.1) is 0 Å². The highest BCUT2D eigenvalue weighted by Crippen LogP contribution is 2.51. The maximum Gasteiger partial charge on any atom is 0.0738 e. The number of hydrogen-bond donors (Lipinski definition) is 1. The number of rotatable bonds is 6. The minimum Gasteiger partial charge on any atom is -0.793 e. The highest BCUT2D eigenvalue weighted by molar-refractivity contribution is 8.67. The zero-order valence-electron chi connectivity index (χ0n) is 10.4. The topological polar surface area (TPSA) is 36.7 Å². The van der Waals surface area contributed by atoms with E-state index in [4.69, 9.17) is 16.3 Å². The molecule has 0 radical (unpaired) electrons. The van der Waals surface area contributed by atoms with E-state index in [1.54, 1.807) is 6.92 Å². The van der Waals surface area contributed by atoms with Crippen LogP contribution in [-0.4, -0.2) is 33.0 Å². The van der Waals surface area contributed by atoms with Crippen molar-refractivity contribution in [1.82, 2.24) is 0 Å². The van der Waals surface area contributed by atoms with Crippen LogP contribution < -0.4 is 9.79 Å². The Bertz CT molecular complexity index is 179. The minimum absolute atomic E-state index is 0.442. The van der Waals surface area contributed by atoms with Gasteiger partial charge in [-0.2, -0.15) is 0 Å². The van der Waals surface area contributed by atoms with Gasteiger partial charge in [-0.1, -0.05) is 18.7 Å². The van der Waals surface area contributed by atoms with Crippen molar-refractivity contribution in [3.8, 4) is 0 Å². The minimum atomic E-state index is -2.71. The second kappa shape index (κ2) is 11.4. The van der Waals surface area contributed by atoms with Gasteiger partial charge in [-0.25, -0.2) is 0 Å². The first kappa shape index (κ1) is 18.3. The van der Waals surface area contributed by atoms with Crippen LogP contribution in [0.1, 0.15) is 27.2 Å². The Balaban J connectivity index is 0. The van der Waals surface area contributed by atoms with Crippen LogP contribution in [0.5, 0.6) is 0 Å². The lowest BCUT2D eigenvalue weighted by molar-refractivity contribution is -0.856. The molecule has 0 spiro atoms. The molecule has 0 aromatic rings. The zero-order valence-corrected chi connectivity index (χ0v) is 12.9. The van der Waals surface area contributed by atoms with Crippen LogP contribution in [-0.2, 0) is 16.3 Å². The molecular formula is C9H24NO2PS2. The Morgan fingerprint density at radius 1 is 1.33 bits per heavy atom. The quantitative estimate of drug-likeness (QED) is 0.730. The lowest BCUT2D eigenvalue weighted by Crippen LogP contribution is -3.05. The van der Waals surface area contributed by atoms with E-state index in [9.17, 15) is 4.89 Å². The van der Waals surface area contributed by atoms with Gasteiger partial charge in [0.15, 0.2) is 0 Å². The number of quaternary nitrogens is 1. The molecule has 0 aliphatic rings. The summed E-state index contributed by atoms with van der Waals surface area (Å²) in [6.07, 6.45) is 0.984. The lowest BCUT2D eigenvalue weighted by Gasteiger charge is -2.25. The van der Waals surface area contributed by atoms with Crippen LogP contribution in [0.15, 0.2) is 0 Å². The summed E-state index contributed by atoms with van der Waals surface area (Å²) in [7, 11) is 4.28. The van der Waals surface area contributed by atoms with Gasteiger partial charge in [-0.3, -0.25) is 0 Å². The summed E-state index contributed by atoms with van der Waals surface area (Å²) in [6, 6.07) is 0. The Hall–Kier alpha value is 0.880. The van der Waals surface area contributed by atoms with Crippen molar-refractivity contribution >= 4 is 28.9 Å². The van der Waals surface area contributed by atoms with E-state index < -0.39 is 5.69 Å². The van der Waals surface area contributed by atoms with Gasteiger partial charge in [0.05, 0.1) is 20.6 Å². The second-order valence-electron chi connectivity index (χ2n) is 3.26. The molecule has 94 valence electrons. The first-order valence-corrected chi connectivity index (χ1v) is 9.51. The first-order valence-electron chi connectivity index (χ1n) is 5.28. The maximum absolute atomic E-state index is 11.1. The second-order valence-corrected chi connectivity index (χ2v) is 9.43. The lowest BCUT2D eigenvalue weighted by atomic mass is 10.6. The molecule has 1 atom stereocenters. The van der Waals surface area contributed by atoms with E-state index in [1.165, 1.54) is 22.8 Å². The summed E-state index contributed by atoms with van der Waals surface area (Å²) >= 11 is 5.96. The monoisotopic (exact) mass is 273 g/mol. The number of nitrogens with one attached hydrogen (secondary N) is 1. The average Bonchev–Trinajstić information content (AvgIpc) is 2.16. The van der Waals surface area contributed by atoms with Crippen LogP contribution >= 0.6 is 17.1 Å². The van der Waals surface area contributed by atoms with E-state index >= 15 is 0 Å².